The number of rotatable bonds is 5. The summed E-state index contributed by atoms with van der Waals surface area (Å²) in [7, 11) is 1.55. The Bertz CT molecular complexity index is 586. The molecule has 0 unspecified atom stereocenters. The number of nitrogens with zero attached hydrogens (tertiary/aromatic N) is 1. The van der Waals surface area contributed by atoms with E-state index in [0.717, 1.165) is 0 Å². The molecule has 120 valence electrons. The fourth-order valence-corrected chi connectivity index (χ4v) is 2.23. The van der Waals surface area contributed by atoms with Crippen LogP contribution in [-0.2, 0) is 14.3 Å². The van der Waals surface area contributed by atoms with Gasteiger partial charge in [0.05, 0.1) is 12.3 Å². The summed E-state index contributed by atoms with van der Waals surface area (Å²) in [4.78, 5) is 25.9. The molecule has 0 bridgehead atoms. The van der Waals surface area contributed by atoms with Crippen LogP contribution >= 0.6 is 0 Å². The van der Waals surface area contributed by atoms with Crippen LogP contribution in [0.2, 0.25) is 0 Å². The molecule has 0 radical (unpaired) electrons. The van der Waals surface area contributed by atoms with Crippen molar-refractivity contribution >= 4 is 23.2 Å². The lowest BCUT2D eigenvalue weighted by Gasteiger charge is -2.38. The lowest BCUT2D eigenvalue weighted by molar-refractivity contribution is -0.134. The molecule has 0 saturated heterocycles. The minimum absolute atomic E-state index is 0.0915. The van der Waals surface area contributed by atoms with Gasteiger partial charge in [0.15, 0.2) is 5.60 Å². The van der Waals surface area contributed by atoms with Gasteiger partial charge in [-0.15, -0.1) is 0 Å². The summed E-state index contributed by atoms with van der Waals surface area (Å²) in [5.41, 5.74) is 5.75. The van der Waals surface area contributed by atoms with Crippen molar-refractivity contribution in [3.63, 3.8) is 0 Å². The van der Waals surface area contributed by atoms with Crippen molar-refractivity contribution in [1.29, 1.82) is 0 Å². The third kappa shape index (κ3) is 3.30. The largest absolute Gasteiger partial charge is 0.476 e. The van der Waals surface area contributed by atoms with Crippen LogP contribution in [0.3, 0.4) is 0 Å². The molecule has 1 heterocycles. The van der Waals surface area contributed by atoms with Crippen LogP contribution in [-0.4, -0.2) is 44.2 Å². The van der Waals surface area contributed by atoms with Gasteiger partial charge in [0.1, 0.15) is 12.3 Å². The molecule has 3 N–H and O–H groups in total. The number of ether oxygens (including phenoxy) is 2. The first-order chi connectivity index (χ1) is 10.3. The molecule has 0 saturated carbocycles. The highest BCUT2D eigenvalue weighted by Gasteiger charge is 2.41. The van der Waals surface area contributed by atoms with Crippen molar-refractivity contribution in [1.82, 2.24) is 5.32 Å². The van der Waals surface area contributed by atoms with Crippen molar-refractivity contribution in [2.45, 2.75) is 19.4 Å². The normalized spacial score (nSPS) is 16.0. The number of nitrogens with one attached hydrogen (secondary N) is 1. The lowest BCUT2D eigenvalue weighted by atomic mass is 10.0. The fourth-order valence-electron chi connectivity index (χ4n) is 2.23. The number of hydrogen-bond acceptors (Lipinski definition) is 5. The number of amides is 2. The number of carbonyl (C=O) groups is 2. The average molecular weight is 307 g/mol. The zero-order chi connectivity index (χ0) is 16.3. The Labute approximate surface area is 129 Å². The molecule has 0 spiro atoms. The maximum absolute atomic E-state index is 12.5. The number of fused-ring (bicyclic) bond motifs is 1. The Balaban J connectivity index is 2.23. The van der Waals surface area contributed by atoms with Gasteiger partial charge in [0.25, 0.3) is 5.91 Å². The van der Waals surface area contributed by atoms with Gasteiger partial charge in [0, 0.05) is 19.3 Å². The van der Waals surface area contributed by atoms with Crippen LogP contribution < -0.4 is 20.7 Å². The Morgan fingerprint density at radius 3 is 2.86 bits per heavy atom. The van der Waals surface area contributed by atoms with E-state index in [1.165, 1.54) is 4.90 Å². The van der Waals surface area contributed by atoms with Gasteiger partial charge in [-0.2, -0.15) is 0 Å². The summed E-state index contributed by atoms with van der Waals surface area (Å²) in [6, 6.07) is 5.03. The number of benzene rings is 1. The zero-order valence-electron chi connectivity index (χ0n) is 13.0. The topological polar surface area (TPSA) is 93.9 Å². The van der Waals surface area contributed by atoms with Crippen LogP contribution in [0, 0.1) is 0 Å². The zero-order valence-corrected chi connectivity index (χ0v) is 13.0. The van der Waals surface area contributed by atoms with Crippen molar-refractivity contribution in [2.24, 2.45) is 0 Å². The number of anilines is 2. The number of nitrogens with two attached hydrogens (primary N) is 1. The molecule has 0 aliphatic carbocycles. The second-order valence-corrected chi connectivity index (χ2v) is 5.57. The number of methoxy groups -OCH3 is 1. The minimum Gasteiger partial charge on any atom is -0.476 e. The van der Waals surface area contributed by atoms with Crippen LogP contribution in [0.25, 0.3) is 0 Å². The smallest absolute Gasteiger partial charge is 0.271 e. The Kier molecular flexibility index (Phi) is 4.56. The molecule has 1 aromatic carbocycles. The van der Waals surface area contributed by atoms with Crippen molar-refractivity contribution < 1.29 is 19.1 Å². The molecular formula is C15H21N3O4. The van der Waals surface area contributed by atoms with Gasteiger partial charge >= 0.3 is 0 Å². The molecule has 7 heteroatoms. The van der Waals surface area contributed by atoms with Gasteiger partial charge in [0.2, 0.25) is 5.91 Å². The highest BCUT2D eigenvalue weighted by molar-refractivity contribution is 6.06. The molecule has 1 aromatic rings. The lowest BCUT2D eigenvalue weighted by Crippen LogP contribution is -2.55. The van der Waals surface area contributed by atoms with Gasteiger partial charge in [-0.05, 0) is 32.0 Å². The first kappa shape index (κ1) is 16.1. The summed E-state index contributed by atoms with van der Waals surface area (Å²) in [5, 5.41) is 2.69. The van der Waals surface area contributed by atoms with E-state index in [1.807, 2.05) is 0 Å². The molecule has 0 fully saturated rings. The highest BCUT2D eigenvalue weighted by Crippen LogP contribution is 2.38. The summed E-state index contributed by atoms with van der Waals surface area (Å²) in [5.74, 6) is -0.0209. The first-order valence-corrected chi connectivity index (χ1v) is 7.01. The van der Waals surface area contributed by atoms with E-state index < -0.39 is 5.60 Å². The van der Waals surface area contributed by atoms with Crippen molar-refractivity contribution in [3.05, 3.63) is 18.2 Å². The minimum atomic E-state index is -1.03. The molecule has 22 heavy (non-hydrogen) atoms. The van der Waals surface area contributed by atoms with E-state index >= 15 is 0 Å². The van der Waals surface area contributed by atoms with E-state index in [0.29, 0.717) is 30.3 Å². The molecule has 0 aromatic heterocycles. The van der Waals surface area contributed by atoms with E-state index in [-0.39, 0.29) is 18.4 Å². The summed E-state index contributed by atoms with van der Waals surface area (Å²) in [6.07, 6.45) is 0. The molecule has 2 amide bonds. The second-order valence-electron chi connectivity index (χ2n) is 5.57. The third-order valence-electron chi connectivity index (χ3n) is 3.33. The summed E-state index contributed by atoms with van der Waals surface area (Å²) >= 11 is 0. The standard InChI is InChI=1S/C15H21N3O4/c1-15(2)14(20)18(9-13(19)17-6-7-21-3)11-8-10(16)4-5-12(11)22-15/h4-5,8H,6-7,9,16H2,1-3H3,(H,17,19). The van der Waals surface area contributed by atoms with Gasteiger partial charge in [-0.1, -0.05) is 0 Å². The highest BCUT2D eigenvalue weighted by atomic mass is 16.5. The maximum atomic E-state index is 12.5. The number of carbonyl (C=O) groups excluding carboxylic acids is 2. The summed E-state index contributed by atoms with van der Waals surface area (Å²) < 4.78 is 10.6. The molecule has 2 rings (SSSR count). The van der Waals surface area contributed by atoms with E-state index in [9.17, 15) is 9.59 Å². The SMILES string of the molecule is COCCNC(=O)CN1C(=O)C(C)(C)Oc2ccc(N)cc21. The van der Waals surface area contributed by atoms with E-state index in [1.54, 1.807) is 39.2 Å². The van der Waals surface area contributed by atoms with Crippen LogP contribution in [0.15, 0.2) is 18.2 Å². The van der Waals surface area contributed by atoms with E-state index in [2.05, 4.69) is 5.32 Å². The van der Waals surface area contributed by atoms with Crippen LogP contribution in [0.5, 0.6) is 5.75 Å². The Hall–Kier alpha value is -2.28. The van der Waals surface area contributed by atoms with Crippen LogP contribution in [0.1, 0.15) is 13.8 Å². The quantitative estimate of drug-likeness (QED) is 0.611. The average Bonchev–Trinajstić information content (AvgIpc) is 2.45. The molecule has 1 aliphatic rings. The number of hydrogen-bond donors (Lipinski definition) is 2. The third-order valence-corrected chi connectivity index (χ3v) is 3.33. The van der Waals surface area contributed by atoms with Gasteiger partial charge in [-0.3, -0.25) is 14.5 Å². The number of nitrogen functional groups attached to an aromatic ring is 1. The molecule has 7 nitrogen and oxygen atoms in total. The van der Waals surface area contributed by atoms with Crippen molar-refractivity contribution in [3.8, 4) is 5.75 Å². The molecule has 1 aliphatic heterocycles. The van der Waals surface area contributed by atoms with Gasteiger partial charge < -0.3 is 20.5 Å². The second kappa shape index (κ2) is 6.23. The predicted octanol–water partition coefficient (Wildman–Crippen LogP) is 0.535. The Morgan fingerprint density at radius 2 is 2.18 bits per heavy atom. The Morgan fingerprint density at radius 1 is 1.45 bits per heavy atom. The van der Waals surface area contributed by atoms with Crippen molar-refractivity contribution in [2.75, 3.05) is 37.4 Å². The first-order valence-electron chi connectivity index (χ1n) is 7.01. The van der Waals surface area contributed by atoms with E-state index in [4.69, 9.17) is 15.2 Å². The van der Waals surface area contributed by atoms with Gasteiger partial charge in [-0.25, -0.2) is 0 Å². The van der Waals surface area contributed by atoms with Crippen LogP contribution in [0.4, 0.5) is 11.4 Å². The molecule has 0 atom stereocenters. The predicted molar refractivity (Wildman–Crippen MR) is 82.8 cm³/mol. The maximum Gasteiger partial charge on any atom is 0.271 e. The summed E-state index contributed by atoms with van der Waals surface area (Å²) in [6.45, 7) is 4.06. The fraction of sp³-hybridized carbons (Fsp3) is 0.467. The molecular weight excluding hydrogens is 286 g/mol. The monoisotopic (exact) mass is 307 g/mol.